The predicted octanol–water partition coefficient (Wildman–Crippen LogP) is 2.13. The van der Waals surface area contributed by atoms with E-state index in [0.29, 0.717) is 23.9 Å². The average molecular weight is 421 g/mol. The number of carboxylic acid groups (broad SMARTS) is 1. The molecule has 2 fully saturated rings. The first-order valence-electron chi connectivity index (χ1n) is 10.1. The first-order valence-corrected chi connectivity index (χ1v) is 10.1. The molecule has 1 aromatic heterocycles. The van der Waals surface area contributed by atoms with Crippen LogP contribution in [-0.4, -0.2) is 76.1 Å². The second kappa shape index (κ2) is 8.47. The first kappa shape index (κ1) is 20.4. The van der Waals surface area contributed by atoms with Gasteiger partial charge in [0.25, 0.3) is 0 Å². The van der Waals surface area contributed by atoms with Crippen LogP contribution in [0.4, 0.5) is 22.1 Å². The number of piperidine rings is 1. The molecule has 3 heterocycles. The molecule has 1 atom stereocenters. The van der Waals surface area contributed by atoms with Crippen molar-refractivity contribution in [3.63, 3.8) is 0 Å². The smallest absolute Gasteiger partial charge is 0.335 e. The molecule has 0 unspecified atom stereocenters. The molecule has 10 heteroatoms. The fraction of sp³-hybridized carbons (Fsp3) is 0.381. The van der Waals surface area contributed by atoms with Crippen molar-refractivity contribution in [2.24, 2.45) is 0 Å². The number of aromatic carboxylic acids is 1. The number of carbonyl (C=O) groups excluding carboxylic acids is 1. The number of hydrogen-bond donors (Lipinski definition) is 2. The minimum Gasteiger partial charge on any atom is -0.478 e. The van der Waals surface area contributed by atoms with Crippen molar-refractivity contribution >= 4 is 29.3 Å². The highest BCUT2D eigenvalue weighted by atomic mass is 16.4. The molecule has 0 bridgehead atoms. The van der Waals surface area contributed by atoms with Gasteiger partial charge in [0, 0.05) is 38.9 Å². The summed E-state index contributed by atoms with van der Waals surface area (Å²) in [6.07, 6.45) is 3.46. The molecule has 4 rings (SSSR count). The zero-order valence-corrected chi connectivity index (χ0v) is 17.2. The number of anilines is 3. The Morgan fingerprint density at radius 2 is 2.03 bits per heavy atom. The van der Waals surface area contributed by atoms with E-state index in [1.807, 2.05) is 18.0 Å². The number of benzene rings is 1. The second-order valence-electron chi connectivity index (χ2n) is 7.68. The number of likely N-dealkylation sites (N-methyl/N-ethyl adjacent to an activating group) is 1. The lowest BCUT2D eigenvalue weighted by atomic mass is 10.0. The van der Waals surface area contributed by atoms with E-state index in [2.05, 4.69) is 20.2 Å². The monoisotopic (exact) mass is 421 g/mol. The van der Waals surface area contributed by atoms with Gasteiger partial charge < -0.3 is 25.1 Å². The van der Waals surface area contributed by atoms with Crippen molar-refractivity contribution in [2.45, 2.75) is 18.9 Å². The number of urea groups is 1. The fourth-order valence-electron chi connectivity index (χ4n) is 3.96. The van der Waals surface area contributed by atoms with Crippen LogP contribution in [-0.2, 0) is 0 Å². The lowest BCUT2D eigenvalue weighted by molar-refractivity contribution is 0.0697. The van der Waals surface area contributed by atoms with Crippen LogP contribution in [0.3, 0.4) is 0 Å². The number of amides is 2. The maximum Gasteiger partial charge on any atom is 0.335 e. The fourth-order valence-corrected chi connectivity index (χ4v) is 3.96. The van der Waals surface area contributed by atoms with Crippen LogP contribution in [0.5, 0.6) is 0 Å². The van der Waals surface area contributed by atoms with Crippen LogP contribution < -0.4 is 10.2 Å². The summed E-state index contributed by atoms with van der Waals surface area (Å²) < 4.78 is 0. The van der Waals surface area contributed by atoms with Gasteiger partial charge in [0.1, 0.15) is 11.9 Å². The molecule has 31 heavy (non-hydrogen) atoms. The van der Waals surface area contributed by atoms with Crippen molar-refractivity contribution in [2.75, 3.05) is 43.4 Å². The van der Waals surface area contributed by atoms with Gasteiger partial charge in [0.05, 0.1) is 17.8 Å². The largest absolute Gasteiger partial charge is 0.478 e. The van der Waals surface area contributed by atoms with Crippen molar-refractivity contribution in [1.29, 1.82) is 5.26 Å². The molecule has 2 saturated heterocycles. The molecule has 2 aromatic rings. The summed E-state index contributed by atoms with van der Waals surface area (Å²) in [5, 5.41) is 21.5. The summed E-state index contributed by atoms with van der Waals surface area (Å²) in [7, 11) is 1.82. The number of aromatic nitrogens is 2. The lowest BCUT2D eigenvalue weighted by Crippen LogP contribution is -2.49. The molecular weight excluding hydrogens is 398 g/mol. The maximum atomic E-state index is 12.4. The van der Waals surface area contributed by atoms with Gasteiger partial charge in [-0.25, -0.2) is 19.6 Å². The summed E-state index contributed by atoms with van der Waals surface area (Å²) in [6, 6.07) is 8.40. The van der Waals surface area contributed by atoms with Crippen molar-refractivity contribution in [3.05, 3.63) is 41.7 Å². The van der Waals surface area contributed by atoms with Gasteiger partial charge in [0.2, 0.25) is 0 Å². The van der Waals surface area contributed by atoms with E-state index in [4.69, 9.17) is 5.11 Å². The molecule has 0 radical (unpaired) electrons. The summed E-state index contributed by atoms with van der Waals surface area (Å²) in [5.41, 5.74) is 0.929. The number of nitrogens with zero attached hydrogens (tertiary/aromatic N) is 6. The molecule has 0 aliphatic carbocycles. The predicted molar refractivity (Wildman–Crippen MR) is 113 cm³/mol. The molecule has 0 saturated carbocycles. The topological polar surface area (TPSA) is 126 Å². The number of carbonyl (C=O) groups is 2. The Morgan fingerprint density at radius 1 is 1.26 bits per heavy atom. The third kappa shape index (κ3) is 4.21. The molecular formula is C21H23N7O3. The molecule has 2 N–H and O–H groups in total. The van der Waals surface area contributed by atoms with Gasteiger partial charge in [-0.3, -0.25) is 0 Å². The molecule has 1 aromatic carbocycles. The Labute approximate surface area is 179 Å². The second-order valence-corrected chi connectivity index (χ2v) is 7.68. The number of nitrogens with one attached hydrogen (secondary N) is 1. The lowest BCUT2D eigenvalue weighted by Gasteiger charge is -2.37. The Hall–Kier alpha value is -3.87. The highest BCUT2D eigenvalue weighted by Gasteiger charge is 2.34. The van der Waals surface area contributed by atoms with Crippen molar-refractivity contribution in [1.82, 2.24) is 19.8 Å². The number of nitriles is 1. The Morgan fingerprint density at radius 3 is 2.68 bits per heavy atom. The van der Waals surface area contributed by atoms with Crippen LogP contribution >= 0.6 is 0 Å². The minimum absolute atomic E-state index is 0.0601. The van der Waals surface area contributed by atoms with E-state index in [0.717, 1.165) is 32.5 Å². The minimum atomic E-state index is -1.01. The van der Waals surface area contributed by atoms with Gasteiger partial charge in [-0.05, 0) is 37.1 Å². The number of carboxylic acids is 1. The first-order chi connectivity index (χ1) is 15.0. The summed E-state index contributed by atoms with van der Waals surface area (Å²) in [5.74, 6) is -0.0658. The van der Waals surface area contributed by atoms with Crippen LogP contribution in [0.1, 0.15) is 28.9 Å². The van der Waals surface area contributed by atoms with E-state index in [1.165, 1.54) is 12.1 Å². The van der Waals surface area contributed by atoms with Gasteiger partial charge >= 0.3 is 12.0 Å². The van der Waals surface area contributed by atoms with Crippen molar-refractivity contribution < 1.29 is 14.7 Å². The summed E-state index contributed by atoms with van der Waals surface area (Å²) in [4.78, 5) is 38.0. The maximum absolute atomic E-state index is 12.4. The molecule has 2 aliphatic rings. The van der Waals surface area contributed by atoms with Crippen LogP contribution in [0, 0.1) is 11.3 Å². The van der Waals surface area contributed by atoms with Crippen LogP contribution in [0.15, 0.2) is 30.5 Å². The average Bonchev–Trinajstić information content (AvgIpc) is 3.12. The molecule has 10 nitrogen and oxygen atoms in total. The molecule has 2 amide bonds. The quantitative estimate of drug-likeness (QED) is 0.752. The van der Waals surface area contributed by atoms with Gasteiger partial charge in [-0.1, -0.05) is 0 Å². The van der Waals surface area contributed by atoms with Gasteiger partial charge in [0.15, 0.2) is 11.5 Å². The zero-order valence-electron chi connectivity index (χ0n) is 17.2. The third-order valence-corrected chi connectivity index (χ3v) is 5.67. The van der Waals surface area contributed by atoms with Crippen LogP contribution in [0.2, 0.25) is 0 Å². The summed E-state index contributed by atoms with van der Waals surface area (Å²) in [6.45, 7) is 2.92. The standard InChI is InChI=1S/C21H23N7O3/c1-26-9-10-28(21(26)31)16-3-2-8-27(13-16)18-12-23-17(11-22)19(25-18)24-15-6-4-14(5-7-15)20(29)30/h4-7,12,16H,2-3,8-10,13H2,1H3,(H,24,25)(H,29,30)/t16-/m0/s1. The third-order valence-electron chi connectivity index (χ3n) is 5.67. The Balaban J connectivity index is 1.53. The van der Waals surface area contributed by atoms with Crippen molar-refractivity contribution in [3.8, 4) is 6.07 Å². The highest BCUT2D eigenvalue weighted by Crippen LogP contribution is 2.26. The Bertz CT molecular complexity index is 1030. The SMILES string of the molecule is CN1CCN([C@H]2CCCN(c3cnc(C#N)c(Nc4ccc(C(=O)O)cc4)n3)C2)C1=O. The van der Waals surface area contributed by atoms with E-state index < -0.39 is 5.97 Å². The number of hydrogen-bond acceptors (Lipinski definition) is 7. The summed E-state index contributed by atoms with van der Waals surface area (Å²) >= 11 is 0. The zero-order chi connectivity index (χ0) is 22.0. The van der Waals surface area contributed by atoms with Gasteiger partial charge in [-0.15, -0.1) is 0 Å². The van der Waals surface area contributed by atoms with E-state index in [1.54, 1.807) is 23.2 Å². The van der Waals surface area contributed by atoms with Gasteiger partial charge in [-0.2, -0.15) is 5.26 Å². The normalized spacial score (nSPS) is 18.8. The molecule has 2 aliphatic heterocycles. The van der Waals surface area contributed by atoms with E-state index in [-0.39, 0.29) is 23.3 Å². The van der Waals surface area contributed by atoms with E-state index >= 15 is 0 Å². The number of rotatable bonds is 5. The molecule has 160 valence electrons. The molecule has 0 spiro atoms. The highest BCUT2D eigenvalue weighted by molar-refractivity contribution is 5.88. The Kier molecular flexibility index (Phi) is 5.58. The van der Waals surface area contributed by atoms with E-state index in [9.17, 15) is 14.9 Å². The van der Waals surface area contributed by atoms with Crippen LogP contribution in [0.25, 0.3) is 0 Å².